The van der Waals surface area contributed by atoms with E-state index >= 15 is 0 Å². The number of aliphatic hydroxyl groups is 1. The van der Waals surface area contributed by atoms with Crippen LogP contribution in [0.25, 0.3) is 0 Å². The van der Waals surface area contributed by atoms with Gasteiger partial charge in [0.2, 0.25) is 0 Å². The number of aliphatic hydroxyl groups excluding tert-OH is 1. The Morgan fingerprint density at radius 1 is 1.05 bits per heavy atom. The fraction of sp³-hybridized carbons (Fsp3) is 0.778. The van der Waals surface area contributed by atoms with E-state index in [2.05, 4.69) is 19.1 Å². The minimum atomic E-state index is 0.282. The summed E-state index contributed by atoms with van der Waals surface area (Å²) in [6.45, 7) is 2.59. The molecule has 108 valence electrons. The van der Waals surface area contributed by atoms with E-state index < -0.39 is 0 Å². The Balaban J connectivity index is 1.44. The summed E-state index contributed by atoms with van der Waals surface area (Å²) in [6.07, 6.45) is 18.3. The SMILES string of the molecule is CCC1C=C(CCCCCCC2C=C(CO)C2)CC1. The van der Waals surface area contributed by atoms with Crippen molar-refractivity contribution in [1.29, 1.82) is 0 Å². The molecule has 19 heavy (non-hydrogen) atoms. The van der Waals surface area contributed by atoms with Crippen LogP contribution in [0.1, 0.15) is 71.1 Å². The monoisotopic (exact) mass is 262 g/mol. The number of rotatable bonds is 9. The van der Waals surface area contributed by atoms with Gasteiger partial charge in [-0.2, -0.15) is 0 Å². The topological polar surface area (TPSA) is 20.2 Å². The van der Waals surface area contributed by atoms with Gasteiger partial charge in [-0.25, -0.2) is 0 Å². The van der Waals surface area contributed by atoms with Crippen LogP contribution in [0.4, 0.5) is 0 Å². The molecule has 2 rings (SSSR count). The van der Waals surface area contributed by atoms with Gasteiger partial charge in [0, 0.05) is 0 Å². The lowest BCUT2D eigenvalue weighted by Gasteiger charge is -2.23. The molecule has 2 atom stereocenters. The molecule has 0 fully saturated rings. The van der Waals surface area contributed by atoms with Crippen molar-refractivity contribution in [3.05, 3.63) is 23.3 Å². The van der Waals surface area contributed by atoms with Gasteiger partial charge in [0.1, 0.15) is 0 Å². The zero-order chi connectivity index (χ0) is 13.5. The maximum Gasteiger partial charge on any atom is 0.0642 e. The maximum absolute atomic E-state index is 8.91. The number of allylic oxidation sites excluding steroid dienone is 3. The molecule has 1 N–H and O–H groups in total. The molecule has 1 heteroatoms. The van der Waals surface area contributed by atoms with E-state index in [0.29, 0.717) is 0 Å². The van der Waals surface area contributed by atoms with Crippen LogP contribution in [0.5, 0.6) is 0 Å². The van der Waals surface area contributed by atoms with Gasteiger partial charge >= 0.3 is 0 Å². The molecular formula is C18H30O. The molecule has 0 aromatic heterocycles. The molecule has 0 saturated heterocycles. The van der Waals surface area contributed by atoms with Crippen LogP contribution < -0.4 is 0 Å². The van der Waals surface area contributed by atoms with Gasteiger partial charge in [-0.15, -0.1) is 0 Å². The molecule has 0 amide bonds. The zero-order valence-electron chi connectivity index (χ0n) is 12.5. The molecule has 0 aromatic rings. The second-order valence-electron chi connectivity index (χ2n) is 6.43. The van der Waals surface area contributed by atoms with Crippen molar-refractivity contribution in [1.82, 2.24) is 0 Å². The van der Waals surface area contributed by atoms with E-state index in [-0.39, 0.29) is 6.61 Å². The third-order valence-electron chi connectivity index (χ3n) is 4.85. The van der Waals surface area contributed by atoms with Crippen molar-refractivity contribution >= 4 is 0 Å². The van der Waals surface area contributed by atoms with Crippen molar-refractivity contribution in [3.8, 4) is 0 Å². The Morgan fingerprint density at radius 3 is 2.47 bits per heavy atom. The summed E-state index contributed by atoms with van der Waals surface area (Å²) in [6, 6.07) is 0. The van der Waals surface area contributed by atoms with Crippen LogP contribution in [0.15, 0.2) is 23.3 Å². The summed E-state index contributed by atoms with van der Waals surface area (Å²) in [4.78, 5) is 0. The molecule has 1 nitrogen and oxygen atoms in total. The van der Waals surface area contributed by atoms with Crippen LogP contribution >= 0.6 is 0 Å². The van der Waals surface area contributed by atoms with Gasteiger partial charge in [0.25, 0.3) is 0 Å². The lowest BCUT2D eigenvalue weighted by atomic mass is 9.83. The molecule has 0 heterocycles. The van der Waals surface area contributed by atoms with Crippen molar-refractivity contribution in [2.75, 3.05) is 6.61 Å². The summed E-state index contributed by atoms with van der Waals surface area (Å²) in [5.74, 6) is 1.67. The molecule has 2 aliphatic carbocycles. The second kappa shape index (κ2) is 7.89. The van der Waals surface area contributed by atoms with Crippen LogP contribution in [-0.2, 0) is 0 Å². The number of hydrogen-bond acceptors (Lipinski definition) is 1. The Morgan fingerprint density at radius 2 is 1.79 bits per heavy atom. The molecular weight excluding hydrogens is 232 g/mol. The minimum absolute atomic E-state index is 0.282. The Kier molecular flexibility index (Phi) is 6.16. The number of unbranched alkanes of at least 4 members (excludes halogenated alkanes) is 3. The van der Waals surface area contributed by atoms with Crippen molar-refractivity contribution in [2.24, 2.45) is 11.8 Å². The normalized spacial score (nSPS) is 26.0. The van der Waals surface area contributed by atoms with Crippen molar-refractivity contribution < 1.29 is 5.11 Å². The maximum atomic E-state index is 8.91. The van der Waals surface area contributed by atoms with E-state index in [0.717, 1.165) is 18.3 Å². The third-order valence-corrected chi connectivity index (χ3v) is 4.85. The molecule has 0 spiro atoms. The summed E-state index contributed by atoms with van der Waals surface area (Å²) < 4.78 is 0. The lowest BCUT2D eigenvalue weighted by molar-refractivity contribution is 0.307. The summed E-state index contributed by atoms with van der Waals surface area (Å²) in [7, 11) is 0. The largest absolute Gasteiger partial charge is 0.392 e. The second-order valence-corrected chi connectivity index (χ2v) is 6.43. The van der Waals surface area contributed by atoms with Crippen molar-refractivity contribution in [2.45, 2.75) is 71.1 Å². The Labute approximate surface area is 118 Å². The van der Waals surface area contributed by atoms with Crippen LogP contribution in [0.3, 0.4) is 0 Å². The van der Waals surface area contributed by atoms with Gasteiger partial charge in [0.05, 0.1) is 6.61 Å². The van der Waals surface area contributed by atoms with Crippen LogP contribution in [0, 0.1) is 11.8 Å². The molecule has 0 saturated carbocycles. The first-order valence-corrected chi connectivity index (χ1v) is 8.31. The van der Waals surface area contributed by atoms with E-state index in [9.17, 15) is 0 Å². The molecule has 0 radical (unpaired) electrons. The molecule has 2 unspecified atom stereocenters. The van der Waals surface area contributed by atoms with Crippen molar-refractivity contribution in [3.63, 3.8) is 0 Å². The van der Waals surface area contributed by atoms with Gasteiger partial charge < -0.3 is 5.11 Å². The summed E-state index contributed by atoms with van der Waals surface area (Å²) >= 11 is 0. The van der Waals surface area contributed by atoms with Gasteiger partial charge in [0.15, 0.2) is 0 Å². The van der Waals surface area contributed by atoms with E-state index in [4.69, 9.17) is 5.11 Å². The smallest absolute Gasteiger partial charge is 0.0642 e. The predicted molar refractivity (Wildman–Crippen MR) is 82.1 cm³/mol. The highest BCUT2D eigenvalue weighted by molar-refractivity contribution is 5.16. The number of hydrogen-bond donors (Lipinski definition) is 1. The van der Waals surface area contributed by atoms with E-state index in [1.807, 2.05) is 0 Å². The van der Waals surface area contributed by atoms with Crippen LogP contribution in [0.2, 0.25) is 0 Å². The highest BCUT2D eigenvalue weighted by Gasteiger charge is 2.17. The average molecular weight is 262 g/mol. The van der Waals surface area contributed by atoms with Crippen LogP contribution in [-0.4, -0.2) is 11.7 Å². The highest BCUT2D eigenvalue weighted by atomic mass is 16.3. The molecule has 0 bridgehead atoms. The lowest BCUT2D eigenvalue weighted by Crippen LogP contribution is -2.12. The zero-order valence-corrected chi connectivity index (χ0v) is 12.5. The van der Waals surface area contributed by atoms with E-state index in [1.54, 1.807) is 5.57 Å². The van der Waals surface area contributed by atoms with Gasteiger partial charge in [-0.05, 0) is 62.4 Å². The molecule has 2 aliphatic rings. The summed E-state index contributed by atoms with van der Waals surface area (Å²) in [5.41, 5.74) is 2.99. The first kappa shape index (κ1) is 14.8. The fourth-order valence-corrected chi connectivity index (χ4v) is 3.45. The average Bonchev–Trinajstić information content (AvgIpc) is 2.83. The highest BCUT2D eigenvalue weighted by Crippen LogP contribution is 2.31. The quantitative estimate of drug-likeness (QED) is 0.457. The molecule has 0 aromatic carbocycles. The Hall–Kier alpha value is -0.560. The first-order chi connectivity index (χ1) is 9.31. The standard InChI is InChI=1S/C18H30O/c1-2-15-9-10-16(11-15)7-5-3-4-6-8-17-12-18(13-17)14-19/h11-12,15,17,19H,2-10,13-14H2,1H3. The summed E-state index contributed by atoms with van der Waals surface area (Å²) in [5, 5.41) is 8.91. The van der Waals surface area contributed by atoms with Gasteiger partial charge in [-0.3, -0.25) is 0 Å². The van der Waals surface area contributed by atoms with E-state index in [1.165, 1.54) is 63.4 Å². The fourth-order valence-electron chi connectivity index (χ4n) is 3.45. The molecule has 0 aliphatic heterocycles. The van der Waals surface area contributed by atoms with Gasteiger partial charge in [-0.1, -0.05) is 43.9 Å². The Bertz CT molecular complexity index is 327. The minimum Gasteiger partial charge on any atom is -0.392 e. The predicted octanol–water partition coefficient (Wildman–Crippen LogP) is 5.01. The third kappa shape index (κ3) is 4.80. The first-order valence-electron chi connectivity index (χ1n) is 8.31.